The number of carbonyl (C=O) groups is 2. The van der Waals surface area contributed by atoms with Gasteiger partial charge < -0.3 is 14.8 Å². The molecule has 8 nitrogen and oxygen atoms in total. The second kappa shape index (κ2) is 10.0. The zero-order valence-corrected chi connectivity index (χ0v) is 16.4. The number of rotatable bonds is 8. The van der Waals surface area contributed by atoms with Crippen LogP contribution in [0.15, 0.2) is 48.5 Å². The third-order valence-electron chi connectivity index (χ3n) is 4.03. The van der Waals surface area contributed by atoms with E-state index in [9.17, 15) is 19.7 Å². The fraction of sp³-hybridized carbons (Fsp3) is 0.238. The summed E-state index contributed by atoms with van der Waals surface area (Å²) in [6.45, 7) is 3.69. The number of nitro groups is 1. The highest BCUT2D eigenvalue weighted by Crippen LogP contribution is 2.28. The Hall–Kier alpha value is -3.68. The van der Waals surface area contributed by atoms with Crippen molar-refractivity contribution in [2.45, 2.75) is 19.8 Å². The number of non-ortho nitro benzene ring substituents is 1. The van der Waals surface area contributed by atoms with Crippen LogP contribution in [0.3, 0.4) is 0 Å². The first-order chi connectivity index (χ1) is 13.8. The maximum atomic E-state index is 12.0. The second-order valence-electron chi connectivity index (χ2n) is 6.45. The van der Waals surface area contributed by atoms with Crippen molar-refractivity contribution in [3.05, 3.63) is 69.8 Å². The normalized spacial score (nSPS) is 10.8. The Morgan fingerprint density at radius 1 is 1.17 bits per heavy atom. The van der Waals surface area contributed by atoms with E-state index in [2.05, 4.69) is 19.2 Å². The first-order valence-corrected chi connectivity index (χ1v) is 8.87. The van der Waals surface area contributed by atoms with Gasteiger partial charge in [0.15, 0.2) is 6.61 Å². The van der Waals surface area contributed by atoms with Crippen molar-refractivity contribution in [2.24, 2.45) is 0 Å². The molecule has 0 spiro atoms. The van der Waals surface area contributed by atoms with Gasteiger partial charge in [-0.15, -0.1) is 0 Å². The van der Waals surface area contributed by atoms with Crippen LogP contribution in [-0.2, 0) is 14.3 Å². The van der Waals surface area contributed by atoms with E-state index in [0.29, 0.717) is 5.92 Å². The number of nitrogens with zero attached hydrogens (tertiary/aromatic N) is 1. The lowest BCUT2D eigenvalue weighted by Gasteiger charge is -2.09. The molecule has 0 unspecified atom stereocenters. The predicted octanol–water partition coefficient (Wildman–Crippen LogP) is 3.92. The second-order valence-corrected chi connectivity index (χ2v) is 6.45. The number of ether oxygens (including phenoxy) is 2. The molecule has 0 fully saturated rings. The van der Waals surface area contributed by atoms with Crippen molar-refractivity contribution in [2.75, 3.05) is 19.0 Å². The van der Waals surface area contributed by atoms with E-state index in [1.54, 1.807) is 6.08 Å². The van der Waals surface area contributed by atoms with E-state index in [4.69, 9.17) is 9.47 Å². The number of anilines is 1. The first-order valence-electron chi connectivity index (χ1n) is 8.87. The fourth-order valence-corrected chi connectivity index (χ4v) is 2.42. The monoisotopic (exact) mass is 398 g/mol. The van der Waals surface area contributed by atoms with Crippen LogP contribution in [0.5, 0.6) is 5.75 Å². The quantitative estimate of drug-likeness (QED) is 0.312. The predicted molar refractivity (Wildman–Crippen MR) is 109 cm³/mol. The highest BCUT2D eigenvalue weighted by Gasteiger charge is 2.14. The minimum atomic E-state index is -0.663. The molecule has 152 valence electrons. The number of methoxy groups -OCH3 is 1. The summed E-state index contributed by atoms with van der Waals surface area (Å²) in [7, 11) is 1.33. The van der Waals surface area contributed by atoms with Gasteiger partial charge in [0.25, 0.3) is 11.6 Å². The number of hydrogen-bond donors (Lipinski definition) is 1. The minimum absolute atomic E-state index is 0.128. The molecule has 0 aliphatic carbocycles. The van der Waals surface area contributed by atoms with Crippen molar-refractivity contribution in [3.63, 3.8) is 0 Å². The highest BCUT2D eigenvalue weighted by atomic mass is 16.6. The molecule has 2 rings (SSSR count). The Balaban J connectivity index is 1.88. The summed E-state index contributed by atoms with van der Waals surface area (Å²) in [5, 5.41) is 13.3. The molecule has 0 aromatic heterocycles. The van der Waals surface area contributed by atoms with Gasteiger partial charge in [0.05, 0.1) is 23.8 Å². The third-order valence-corrected chi connectivity index (χ3v) is 4.03. The van der Waals surface area contributed by atoms with Crippen molar-refractivity contribution in [1.29, 1.82) is 0 Å². The summed E-state index contributed by atoms with van der Waals surface area (Å²) in [5.74, 6) is -0.710. The number of benzene rings is 2. The van der Waals surface area contributed by atoms with Gasteiger partial charge in [0.1, 0.15) is 5.75 Å². The molecule has 8 heteroatoms. The van der Waals surface area contributed by atoms with E-state index >= 15 is 0 Å². The summed E-state index contributed by atoms with van der Waals surface area (Å²) in [4.78, 5) is 34.0. The molecule has 0 saturated carbocycles. The topological polar surface area (TPSA) is 108 Å². The first kappa shape index (κ1) is 21.6. The van der Waals surface area contributed by atoms with Crippen molar-refractivity contribution < 1.29 is 24.0 Å². The van der Waals surface area contributed by atoms with Gasteiger partial charge in [-0.25, -0.2) is 4.79 Å². The molecule has 0 saturated heterocycles. The van der Waals surface area contributed by atoms with E-state index in [1.165, 1.54) is 36.9 Å². The van der Waals surface area contributed by atoms with E-state index in [1.807, 2.05) is 24.3 Å². The minimum Gasteiger partial charge on any atom is -0.494 e. The average Bonchev–Trinajstić information content (AvgIpc) is 2.71. The van der Waals surface area contributed by atoms with Gasteiger partial charge in [-0.2, -0.15) is 0 Å². The van der Waals surface area contributed by atoms with Gasteiger partial charge in [-0.3, -0.25) is 14.9 Å². The Morgan fingerprint density at radius 2 is 1.86 bits per heavy atom. The fourth-order valence-electron chi connectivity index (χ4n) is 2.42. The molecule has 0 aliphatic rings. The molecule has 0 radical (unpaired) electrons. The average molecular weight is 398 g/mol. The summed E-state index contributed by atoms with van der Waals surface area (Å²) in [6.07, 6.45) is 2.84. The molecule has 0 atom stereocenters. The molecular formula is C21H22N2O6. The number of esters is 1. The number of carbonyl (C=O) groups excluding carboxylic acids is 2. The molecule has 0 heterocycles. The van der Waals surface area contributed by atoms with Crippen LogP contribution in [0.25, 0.3) is 6.08 Å². The number of hydrogen-bond acceptors (Lipinski definition) is 6. The zero-order chi connectivity index (χ0) is 21.4. The maximum Gasteiger partial charge on any atom is 0.331 e. The Labute approximate surface area is 168 Å². The molecular weight excluding hydrogens is 376 g/mol. The number of nitro benzene ring substituents is 1. The number of nitrogens with one attached hydrogen (secondary N) is 1. The van der Waals surface area contributed by atoms with E-state index in [0.717, 1.165) is 5.56 Å². The molecule has 2 aromatic rings. The van der Waals surface area contributed by atoms with Gasteiger partial charge in [0.2, 0.25) is 0 Å². The lowest BCUT2D eigenvalue weighted by Crippen LogP contribution is -2.20. The molecule has 29 heavy (non-hydrogen) atoms. The summed E-state index contributed by atoms with van der Waals surface area (Å²) >= 11 is 0. The Morgan fingerprint density at radius 3 is 2.45 bits per heavy atom. The van der Waals surface area contributed by atoms with Crippen LogP contribution in [-0.4, -0.2) is 30.5 Å². The van der Waals surface area contributed by atoms with E-state index in [-0.39, 0.29) is 17.1 Å². The van der Waals surface area contributed by atoms with E-state index < -0.39 is 23.4 Å². The SMILES string of the molecule is COc1cc([N+](=O)[O-])ccc1NC(=O)COC(=O)/C=C/c1ccc(C(C)C)cc1. The summed E-state index contributed by atoms with van der Waals surface area (Å²) in [5.41, 5.74) is 2.10. The molecule has 0 aliphatic heterocycles. The van der Waals surface area contributed by atoms with Crippen LogP contribution < -0.4 is 10.1 Å². The lowest BCUT2D eigenvalue weighted by atomic mass is 10.0. The smallest absolute Gasteiger partial charge is 0.331 e. The molecule has 1 amide bonds. The van der Waals surface area contributed by atoms with Crippen LogP contribution in [0.2, 0.25) is 0 Å². The van der Waals surface area contributed by atoms with Crippen LogP contribution in [0.4, 0.5) is 11.4 Å². The molecule has 0 bridgehead atoms. The van der Waals surface area contributed by atoms with Gasteiger partial charge >= 0.3 is 5.97 Å². The summed E-state index contributed by atoms with van der Waals surface area (Å²) < 4.78 is 9.94. The largest absolute Gasteiger partial charge is 0.494 e. The standard InChI is InChI=1S/C21H22N2O6/c1-14(2)16-7-4-15(5-8-16)6-11-21(25)29-13-20(24)22-18-10-9-17(23(26)27)12-19(18)28-3/h4-12,14H,13H2,1-3H3,(H,22,24)/b11-6+. The number of amides is 1. The maximum absolute atomic E-state index is 12.0. The van der Waals surface area contributed by atoms with Crippen molar-refractivity contribution >= 4 is 29.3 Å². The summed E-state index contributed by atoms with van der Waals surface area (Å²) in [6, 6.07) is 11.5. The third kappa shape index (κ3) is 6.46. The van der Waals surface area contributed by atoms with Crippen LogP contribution in [0.1, 0.15) is 30.9 Å². The zero-order valence-electron chi connectivity index (χ0n) is 16.4. The van der Waals surface area contributed by atoms with Crippen molar-refractivity contribution in [3.8, 4) is 5.75 Å². The van der Waals surface area contributed by atoms with Gasteiger partial charge in [-0.05, 0) is 29.2 Å². The lowest BCUT2D eigenvalue weighted by molar-refractivity contribution is -0.384. The molecule has 1 N–H and O–H groups in total. The van der Waals surface area contributed by atoms with Crippen LogP contribution >= 0.6 is 0 Å². The van der Waals surface area contributed by atoms with Gasteiger partial charge in [0, 0.05) is 12.1 Å². The molecule has 2 aromatic carbocycles. The highest BCUT2D eigenvalue weighted by molar-refractivity contribution is 5.95. The van der Waals surface area contributed by atoms with Crippen LogP contribution in [0, 0.1) is 10.1 Å². The van der Waals surface area contributed by atoms with Gasteiger partial charge in [-0.1, -0.05) is 38.1 Å². The Bertz CT molecular complexity index is 919. The van der Waals surface area contributed by atoms with Crippen molar-refractivity contribution in [1.82, 2.24) is 0 Å². The Kier molecular flexibility index (Phi) is 7.47.